The Morgan fingerprint density at radius 3 is 2.83 bits per heavy atom. The highest BCUT2D eigenvalue weighted by molar-refractivity contribution is 7.89. The smallest absolute Gasteiger partial charge is 0.211 e. The van der Waals surface area contributed by atoms with Gasteiger partial charge in [0.2, 0.25) is 10.0 Å². The molecule has 0 aliphatic carbocycles. The van der Waals surface area contributed by atoms with Gasteiger partial charge in [-0.25, -0.2) is 13.1 Å². The second kappa shape index (κ2) is 4.20. The molecule has 5 heteroatoms. The summed E-state index contributed by atoms with van der Waals surface area (Å²) in [6.45, 7) is 3.19. The molecule has 0 aromatic carbocycles. The van der Waals surface area contributed by atoms with E-state index in [4.69, 9.17) is 0 Å². The summed E-state index contributed by atoms with van der Waals surface area (Å²) < 4.78 is 24.6. The molecule has 0 amide bonds. The second-order valence-electron chi connectivity index (χ2n) is 3.05. The van der Waals surface area contributed by atoms with Crippen LogP contribution in [0.5, 0.6) is 0 Å². The van der Waals surface area contributed by atoms with E-state index in [0.29, 0.717) is 12.6 Å². The molecule has 1 saturated heterocycles. The lowest BCUT2D eigenvalue weighted by atomic mass is 10.2. The van der Waals surface area contributed by atoms with Crippen LogP contribution in [0.4, 0.5) is 0 Å². The summed E-state index contributed by atoms with van der Waals surface area (Å²) >= 11 is 0. The molecule has 4 nitrogen and oxygen atoms in total. The van der Waals surface area contributed by atoms with Crippen molar-refractivity contribution in [2.75, 3.05) is 18.8 Å². The summed E-state index contributed by atoms with van der Waals surface area (Å²) in [6, 6.07) is 0.339. The lowest BCUT2D eigenvalue weighted by molar-refractivity contribution is 0.552. The Morgan fingerprint density at radius 2 is 2.33 bits per heavy atom. The molecule has 1 aliphatic rings. The van der Waals surface area contributed by atoms with Crippen LogP contribution in [0, 0.1) is 0 Å². The molecule has 0 bridgehead atoms. The fourth-order valence-electron chi connectivity index (χ4n) is 1.26. The molecule has 0 aromatic rings. The van der Waals surface area contributed by atoms with E-state index in [2.05, 4.69) is 10.0 Å². The van der Waals surface area contributed by atoms with Gasteiger partial charge in [0.25, 0.3) is 0 Å². The number of sulfonamides is 1. The van der Waals surface area contributed by atoms with E-state index < -0.39 is 10.0 Å². The van der Waals surface area contributed by atoms with Gasteiger partial charge in [-0.3, -0.25) is 0 Å². The molecule has 0 radical (unpaired) electrons. The zero-order chi connectivity index (χ0) is 9.03. The van der Waals surface area contributed by atoms with Crippen molar-refractivity contribution >= 4 is 10.0 Å². The summed E-state index contributed by atoms with van der Waals surface area (Å²) in [4.78, 5) is 0. The number of hydrogen-bond acceptors (Lipinski definition) is 3. The average Bonchev–Trinajstić information content (AvgIpc) is 2.53. The van der Waals surface area contributed by atoms with E-state index in [0.717, 1.165) is 19.4 Å². The molecule has 1 heterocycles. The first kappa shape index (κ1) is 9.95. The highest BCUT2D eigenvalue weighted by Crippen LogP contribution is 2.03. The topological polar surface area (TPSA) is 58.2 Å². The Hall–Kier alpha value is -0.130. The van der Waals surface area contributed by atoms with Crippen molar-refractivity contribution < 1.29 is 8.42 Å². The predicted octanol–water partition coefficient (Wildman–Crippen LogP) is -0.322. The lowest BCUT2D eigenvalue weighted by Gasteiger charge is -2.10. The van der Waals surface area contributed by atoms with Crippen molar-refractivity contribution in [2.24, 2.45) is 0 Å². The maximum atomic E-state index is 11.0. The average molecular weight is 192 g/mol. The maximum Gasteiger partial charge on any atom is 0.211 e. The Morgan fingerprint density at radius 1 is 1.58 bits per heavy atom. The van der Waals surface area contributed by atoms with Gasteiger partial charge < -0.3 is 5.32 Å². The normalized spacial score (nSPS) is 24.6. The first-order chi connectivity index (χ1) is 5.64. The van der Waals surface area contributed by atoms with E-state index in [1.807, 2.05) is 0 Å². The molecule has 12 heavy (non-hydrogen) atoms. The molecule has 0 aromatic heterocycles. The summed E-state index contributed by atoms with van der Waals surface area (Å²) in [5.74, 6) is 0.166. The van der Waals surface area contributed by atoms with Gasteiger partial charge in [0.05, 0.1) is 5.75 Å². The highest BCUT2D eigenvalue weighted by atomic mass is 32.2. The quantitative estimate of drug-likeness (QED) is 0.641. The van der Waals surface area contributed by atoms with Gasteiger partial charge in [-0.15, -0.1) is 0 Å². The summed E-state index contributed by atoms with van der Waals surface area (Å²) in [6.07, 6.45) is 2.23. The zero-order valence-electron chi connectivity index (χ0n) is 7.34. The first-order valence-electron chi connectivity index (χ1n) is 4.35. The van der Waals surface area contributed by atoms with E-state index in [-0.39, 0.29) is 5.75 Å². The third kappa shape index (κ3) is 3.08. The van der Waals surface area contributed by atoms with Gasteiger partial charge in [0.1, 0.15) is 0 Å². The standard InChI is InChI=1S/C7H16N2O2S/c1-2-12(10,11)9-6-7-4-3-5-8-7/h7-9H,2-6H2,1H3. The van der Waals surface area contributed by atoms with Crippen LogP contribution < -0.4 is 10.0 Å². The SMILES string of the molecule is CCS(=O)(=O)NCC1CCCN1. The van der Waals surface area contributed by atoms with Crippen LogP contribution in [-0.4, -0.2) is 33.3 Å². The highest BCUT2D eigenvalue weighted by Gasteiger charge is 2.15. The van der Waals surface area contributed by atoms with Gasteiger partial charge >= 0.3 is 0 Å². The Balaban J connectivity index is 2.25. The predicted molar refractivity (Wildman–Crippen MR) is 48.5 cm³/mol. The van der Waals surface area contributed by atoms with Crippen molar-refractivity contribution in [3.05, 3.63) is 0 Å². The van der Waals surface area contributed by atoms with Gasteiger partial charge in [-0.05, 0) is 26.3 Å². The third-order valence-corrected chi connectivity index (χ3v) is 3.46. The van der Waals surface area contributed by atoms with Crippen molar-refractivity contribution in [1.82, 2.24) is 10.0 Å². The monoisotopic (exact) mass is 192 g/mol. The van der Waals surface area contributed by atoms with Crippen LogP contribution in [0.15, 0.2) is 0 Å². The van der Waals surface area contributed by atoms with Gasteiger partial charge in [-0.1, -0.05) is 0 Å². The summed E-state index contributed by atoms with van der Waals surface area (Å²) in [5, 5.41) is 3.23. The van der Waals surface area contributed by atoms with Gasteiger partial charge in [0.15, 0.2) is 0 Å². The van der Waals surface area contributed by atoms with Crippen LogP contribution >= 0.6 is 0 Å². The van der Waals surface area contributed by atoms with Crippen molar-refractivity contribution in [1.29, 1.82) is 0 Å². The number of rotatable bonds is 4. The molecule has 1 unspecified atom stereocenters. The minimum Gasteiger partial charge on any atom is -0.313 e. The van der Waals surface area contributed by atoms with Crippen LogP contribution in [0.25, 0.3) is 0 Å². The van der Waals surface area contributed by atoms with Gasteiger partial charge in [-0.2, -0.15) is 0 Å². The van der Waals surface area contributed by atoms with E-state index >= 15 is 0 Å². The lowest BCUT2D eigenvalue weighted by Crippen LogP contribution is -2.37. The van der Waals surface area contributed by atoms with Crippen LogP contribution in [0.2, 0.25) is 0 Å². The van der Waals surface area contributed by atoms with E-state index in [1.54, 1.807) is 6.92 Å². The Labute approximate surface area is 73.8 Å². The molecule has 72 valence electrons. The Kier molecular flexibility index (Phi) is 3.49. The van der Waals surface area contributed by atoms with Crippen LogP contribution in [-0.2, 0) is 10.0 Å². The molecule has 1 atom stereocenters. The maximum absolute atomic E-state index is 11.0. The molecule has 1 fully saturated rings. The molecule has 0 saturated carbocycles. The van der Waals surface area contributed by atoms with Crippen molar-refractivity contribution in [3.8, 4) is 0 Å². The largest absolute Gasteiger partial charge is 0.313 e. The third-order valence-electron chi connectivity index (χ3n) is 2.09. The zero-order valence-corrected chi connectivity index (χ0v) is 8.15. The fraction of sp³-hybridized carbons (Fsp3) is 1.00. The molecular weight excluding hydrogens is 176 g/mol. The minimum absolute atomic E-state index is 0.166. The first-order valence-corrected chi connectivity index (χ1v) is 6.00. The fourth-order valence-corrected chi connectivity index (χ4v) is 1.92. The van der Waals surface area contributed by atoms with E-state index in [9.17, 15) is 8.42 Å². The minimum atomic E-state index is -3.00. The van der Waals surface area contributed by atoms with Crippen molar-refractivity contribution in [3.63, 3.8) is 0 Å². The second-order valence-corrected chi connectivity index (χ2v) is 5.14. The summed E-state index contributed by atoms with van der Waals surface area (Å²) in [7, 11) is -3.00. The Bertz CT molecular complexity index is 220. The van der Waals surface area contributed by atoms with Crippen molar-refractivity contribution in [2.45, 2.75) is 25.8 Å². The van der Waals surface area contributed by atoms with E-state index in [1.165, 1.54) is 0 Å². The molecule has 2 N–H and O–H groups in total. The molecule has 0 spiro atoms. The summed E-state index contributed by atoms with van der Waals surface area (Å²) in [5.41, 5.74) is 0. The van der Waals surface area contributed by atoms with Crippen LogP contribution in [0.3, 0.4) is 0 Å². The van der Waals surface area contributed by atoms with Gasteiger partial charge in [0, 0.05) is 12.6 Å². The number of nitrogens with one attached hydrogen (secondary N) is 2. The molecule has 1 aliphatic heterocycles. The van der Waals surface area contributed by atoms with Crippen LogP contribution in [0.1, 0.15) is 19.8 Å². The number of hydrogen-bond donors (Lipinski definition) is 2. The molecular formula is C7H16N2O2S. The molecule has 1 rings (SSSR count).